The summed E-state index contributed by atoms with van der Waals surface area (Å²) in [6.45, 7) is 0.592. The fourth-order valence-electron chi connectivity index (χ4n) is 2.36. The molecule has 3 N–H and O–H groups in total. The van der Waals surface area contributed by atoms with Gasteiger partial charge in [-0.25, -0.2) is 4.79 Å². The fourth-order valence-corrected chi connectivity index (χ4v) is 2.36. The molecule has 120 valence electrons. The van der Waals surface area contributed by atoms with Crippen LogP contribution >= 0.6 is 0 Å². The molecule has 1 aliphatic rings. The van der Waals surface area contributed by atoms with Gasteiger partial charge in [0.25, 0.3) is 5.91 Å². The van der Waals surface area contributed by atoms with Gasteiger partial charge in [-0.15, -0.1) is 0 Å². The first kappa shape index (κ1) is 16.3. The van der Waals surface area contributed by atoms with E-state index in [0.29, 0.717) is 19.6 Å². The first-order valence-corrected chi connectivity index (χ1v) is 7.11. The van der Waals surface area contributed by atoms with Gasteiger partial charge in [-0.2, -0.15) is 0 Å². The molecule has 1 unspecified atom stereocenters. The van der Waals surface area contributed by atoms with E-state index in [-0.39, 0.29) is 19.1 Å². The molecule has 0 bridgehead atoms. The van der Waals surface area contributed by atoms with Crippen LogP contribution in [0.5, 0.6) is 0 Å². The molecule has 1 fully saturated rings. The highest BCUT2D eigenvalue weighted by atomic mass is 16.6. The van der Waals surface area contributed by atoms with Crippen molar-refractivity contribution in [2.24, 2.45) is 5.73 Å². The Bertz CT molecular complexity index is 508. The molecule has 0 spiro atoms. The highest BCUT2D eigenvalue weighted by Gasteiger charge is 2.34. The van der Waals surface area contributed by atoms with E-state index in [9.17, 15) is 9.59 Å². The Hall–Kier alpha value is -2.12. The average molecular weight is 308 g/mol. The van der Waals surface area contributed by atoms with Crippen molar-refractivity contribution in [3.63, 3.8) is 0 Å². The van der Waals surface area contributed by atoms with Gasteiger partial charge in [-0.3, -0.25) is 4.79 Å². The van der Waals surface area contributed by atoms with Crippen LogP contribution in [0.2, 0.25) is 0 Å². The third kappa shape index (κ3) is 4.44. The van der Waals surface area contributed by atoms with Gasteiger partial charge in [0.1, 0.15) is 12.2 Å². The summed E-state index contributed by atoms with van der Waals surface area (Å²) in [7, 11) is 0. The standard InChI is InChI=1S/C15H20N2O5/c16-15(20)22-12(9-18)8-17-7-6-13(14(17)19)21-10-11-4-2-1-3-5-11/h1-5,12-13,18H,6-10H2,(H2,16,20)/t12?,13-/m0/s1. The van der Waals surface area contributed by atoms with Gasteiger partial charge in [0.2, 0.25) is 0 Å². The zero-order valence-electron chi connectivity index (χ0n) is 12.2. The van der Waals surface area contributed by atoms with Gasteiger partial charge < -0.3 is 25.2 Å². The molecule has 1 aromatic rings. The van der Waals surface area contributed by atoms with E-state index in [1.807, 2.05) is 30.3 Å². The predicted molar refractivity (Wildman–Crippen MR) is 77.8 cm³/mol. The molecule has 0 aliphatic carbocycles. The van der Waals surface area contributed by atoms with Crippen LogP contribution in [-0.4, -0.2) is 53.9 Å². The summed E-state index contributed by atoms with van der Waals surface area (Å²) in [4.78, 5) is 24.4. The van der Waals surface area contributed by atoms with Crippen LogP contribution < -0.4 is 5.73 Å². The zero-order valence-corrected chi connectivity index (χ0v) is 12.2. The largest absolute Gasteiger partial charge is 0.442 e. The molecule has 2 atom stereocenters. The van der Waals surface area contributed by atoms with Crippen LogP contribution in [0.3, 0.4) is 0 Å². The highest BCUT2D eigenvalue weighted by molar-refractivity contribution is 5.83. The second-order valence-corrected chi connectivity index (χ2v) is 5.10. The van der Waals surface area contributed by atoms with Gasteiger partial charge in [-0.05, 0) is 5.56 Å². The van der Waals surface area contributed by atoms with Crippen molar-refractivity contribution < 1.29 is 24.2 Å². The Kier molecular flexibility index (Phi) is 5.74. The number of nitrogens with zero attached hydrogens (tertiary/aromatic N) is 1. The van der Waals surface area contributed by atoms with E-state index in [2.05, 4.69) is 0 Å². The highest BCUT2D eigenvalue weighted by Crippen LogP contribution is 2.17. The summed E-state index contributed by atoms with van der Waals surface area (Å²) in [5, 5.41) is 9.14. The van der Waals surface area contributed by atoms with Gasteiger partial charge in [0.15, 0.2) is 0 Å². The summed E-state index contributed by atoms with van der Waals surface area (Å²) in [5.74, 6) is -0.164. The number of aliphatic hydroxyl groups excluding tert-OH is 1. The Morgan fingerprint density at radius 3 is 2.77 bits per heavy atom. The fraction of sp³-hybridized carbons (Fsp3) is 0.467. The van der Waals surface area contributed by atoms with E-state index in [4.69, 9.17) is 20.3 Å². The van der Waals surface area contributed by atoms with Gasteiger partial charge >= 0.3 is 6.09 Å². The molecule has 0 saturated carbocycles. The number of primary amides is 1. The van der Waals surface area contributed by atoms with Crippen LogP contribution in [0.1, 0.15) is 12.0 Å². The van der Waals surface area contributed by atoms with Crippen molar-refractivity contribution in [1.82, 2.24) is 4.90 Å². The molecular weight excluding hydrogens is 288 g/mol. The lowest BCUT2D eigenvalue weighted by molar-refractivity contribution is -0.139. The second kappa shape index (κ2) is 7.77. The first-order chi connectivity index (χ1) is 10.6. The number of ether oxygens (including phenoxy) is 2. The molecule has 7 nitrogen and oxygen atoms in total. The predicted octanol–water partition coefficient (Wildman–Crippen LogP) is 0.260. The van der Waals surface area contributed by atoms with Gasteiger partial charge in [-0.1, -0.05) is 30.3 Å². The van der Waals surface area contributed by atoms with Crippen molar-refractivity contribution in [3.8, 4) is 0 Å². The normalized spacial score (nSPS) is 19.2. The lowest BCUT2D eigenvalue weighted by Gasteiger charge is -2.22. The van der Waals surface area contributed by atoms with Crippen molar-refractivity contribution >= 4 is 12.0 Å². The minimum Gasteiger partial charge on any atom is -0.442 e. The van der Waals surface area contributed by atoms with Gasteiger partial charge in [0, 0.05) is 13.0 Å². The minimum atomic E-state index is -0.970. The van der Waals surface area contributed by atoms with Crippen molar-refractivity contribution in [2.45, 2.75) is 25.2 Å². The molecule has 0 radical (unpaired) electrons. The van der Waals surface area contributed by atoms with Crippen molar-refractivity contribution in [2.75, 3.05) is 19.7 Å². The number of amides is 2. The number of rotatable bonds is 7. The third-order valence-corrected chi connectivity index (χ3v) is 3.45. The van der Waals surface area contributed by atoms with Crippen LogP contribution in [0, 0.1) is 0 Å². The maximum atomic E-state index is 12.2. The molecule has 0 aromatic heterocycles. The molecule has 7 heteroatoms. The maximum absolute atomic E-state index is 12.2. The summed E-state index contributed by atoms with van der Waals surface area (Å²) in [5.41, 5.74) is 5.92. The topological polar surface area (TPSA) is 102 Å². The summed E-state index contributed by atoms with van der Waals surface area (Å²) in [6, 6.07) is 9.60. The van der Waals surface area contributed by atoms with E-state index < -0.39 is 18.3 Å². The van der Waals surface area contributed by atoms with Crippen molar-refractivity contribution in [3.05, 3.63) is 35.9 Å². The molecule has 1 aromatic carbocycles. The Balaban J connectivity index is 1.82. The van der Waals surface area contributed by atoms with Crippen LogP contribution in [0.4, 0.5) is 4.79 Å². The molecule has 1 heterocycles. The Morgan fingerprint density at radius 2 is 2.14 bits per heavy atom. The van der Waals surface area contributed by atoms with Crippen molar-refractivity contribution in [1.29, 1.82) is 0 Å². The third-order valence-electron chi connectivity index (χ3n) is 3.45. The molecular formula is C15H20N2O5. The molecule has 2 amide bonds. The number of benzene rings is 1. The quantitative estimate of drug-likeness (QED) is 0.752. The van der Waals surface area contributed by atoms with E-state index in [1.54, 1.807) is 0 Å². The molecule has 1 saturated heterocycles. The van der Waals surface area contributed by atoms with E-state index in [0.717, 1.165) is 5.56 Å². The monoisotopic (exact) mass is 308 g/mol. The minimum absolute atomic E-state index is 0.115. The average Bonchev–Trinajstić information content (AvgIpc) is 2.85. The van der Waals surface area contributed by atoms with E-state index in [1.165, 1.54) is 4.90 Å². The van der Waals surface area contributed by atoms with Gasteiger partial charge in [0.05, 0.1) is 19.8 Å². The van der Waals surface area contributed by atoms with Crippen LogP contribution in [0.25, 0.3) is 0 Å². The van der Waals surface area contributed by atoms with E-state index >= 15 is 0 Å². The number of nitrogens with two attached hydrogens (primary N) is 1. The molecule has 22 heavy (non-hydrogen) atoms. The maximum Gasteiger partial charge on any atom is 0.404 e. The molecule has 1 aliphatic heterocycles. The number of likely N-dealkylation sites (tertiary alicyclic amines) is 1. The van der Waals surface area contributed by atoms with Crippen LogP contribution in [-0.2, 0) is 20.9 Å². The summed E-state index contributed by atoms with van der Waals surface area (Å²) >= 11 is 0. The Labute approximate surface area is 128 Å². The number of carbonyl (C=O) groups excluding carboxylic acids is 2. The summed E-state index contributed by atoms with van der Waals surface area (Å²) < 4.78 is 10.4. The lowest BCUT2D eigenvalue weighted by atomic mass is 10.2. The summed E-state index contributed by atoms with van der Waals surface area (Å²) in [6.07, 6.45) is -1.72. The smallest absolute Gasteiger partial charge is 0.404 e. The second-order valence-electron chi connectivity index (χ2n) is 5.10. The number of hydrogen-bond acceptors (Lipinski definition) is 5. The Morgan fingerprint density at radius 1 is 1.41 bits per heavy atom. The SMILES string of the molecule is NC(=O)OC(CO)CN1CC[C@H](OCc2ccccc2)C1=O. The molecule has 2 rings (SSSR count). The number of aliphatic hydroxyl groups is 1. The number of hydrogen-bond donors (Lipinski definition) is 2. The zero-order chi connectivity index (χ0) is 15.9. The first-order valence-electron chi connectivity index (χ1n) is 7.11. The van der Waals surface area contributed by atoms with Crippen LogP contribution in [0.15, 0.2) is 30.3 Å². The lowest BCUT2D eigenvalue weighted by Crippen LogP contribution is -2.40. The number of carbonyl (C=O) groups is 2.